The van der Waals surface area contributed by atoms with E-state index >= 15 is 0 Å². The van der Waals surface area contributed by atoms with Crippen molar-refractivity contribution in [1.29, 1.82) is 0 Å². The number of nitrogens with zero attached hydrogens (tertiary/aromatic N) is 3. The van der Waals surface area contributed by atoms with Crippen molar-refractivity contribution in [3.05, 3.63) is 28.2 Å². The highest BCUT2D eigenvalue weighted by Crippen LogP contribution is 2.24. The Hall–Kier alpha value is -1.89. The molecule has 0 radical (unpaired) electrons. The Bertz CT molecular complexity index is 654. The van der Waals surface area contributed by atoms with Crippen molar-refractivity contribution in [2.24, 2.45) is 0 Å². The highest BCUT2D eigenvalue weighted by molar-refractivity contribution is 9.10. The van der Waals surface area contributed by atoms with E-state index in [1.165, 1.54) is 18.7 Å². The van der Waals surface area contributed by atoms with Gasteiger partial charge in [0.25, 0.3) is 0 Å². The SMILES string of the molecule is CC(=O)N1CCN(C(=O)CN(C(C)=O)c2ccc(Br)cc2C)CC1. The van der Waals surface area contributed by atoms with Crippen LogP contribution in [0.5, 0.6) is 0 Å². The Morgan fingerprint density at radius 3 is 2.17 bits per heavy atom. The Labute approximate surface area is 150 Å². The molecule has 0 N–H and O–H groups in total. The van der Waals surface area contributed by atoms with Crippen LogP contribution in [0.1, 0.15) is 19.4 Å². The van der Waals surface area contributed by atoms with E-state index in [4.69, 9.17) is 0 Å². The first-order valence-corrected chi connectivity index (χ1v) is 8.66. The minimum absolute atomic E-state index is 0.0118. The van der Waals surface area contributed by atoms with Crippen LogP contribution in [0.4, 0.5) is 5.69 Å². The molecule has 3 amide bonds. The van der Waals surface area contributed by atoms with E-state index in [0.29, 0.717) is 26.2 Å². The van der Waals surface area contributed by atoms with E-state index in [2.05, 4.69) is 15.9 Å². The topological polar surface area (TPSA) is 60.9 Å². The molecule has 0 spiro atoms. The number of hydrogen-bond donors (Lipinski definition) is 0. The average Bonchev–Trinajstić information content (AvgIpc) is 2.53. The lowest BCUT2D eigenvalue weighted by Gasteiger charge is -2.35. The van der Waals surface area contributed by atoms with Gasteiger partial charge in [-0.2, -0.15) is 0 Å². The van der Waals surface area contributed by atoms with Crippen molar-refractivity contribution in [3.8, 4) is 0 Å². The summed E-state index contributed by atoms with van der Waals surface area (Å²) in [5.41, 5.74) is 1.66. The van der Waals surface area contributed by atoms with Crippen LogP contribution in [0.25, 0.3) is 0 Å². The van der Waals surface area contributed by atoms with Gasteiger partial charge < -0.3 is 14.7 Å². The van der Waals surface area contributed by atoms with Crippen molar-refractivity contribution in [3.63, 3.8) is 0 Å². The van der Waals surface area contributed by atoms with Gasteiger partial charge in [-0.1, -0.05) is 15.9 Å². The summed E-state index contributed by atoms with van der Waals surface area (Å²) < 4.78 is 0.930. The van der Waals surface area contributed by atoms with Gasteiger partial charge in [0.05, 0.1) is 0 Å². The molecule has 7 heteroatoms. The molecule has 0 bridgehead atoms. The van der Waals surface area contributed by atoms with Gasteiger partial charge in [0.15, 0.2) is 0 Å². The molecule has 130 valence electrons. The Kier molecular flexibility index (Phi) is 5.99. The van der Waals surface area contributed by atoms with Crippen LogP contribution < -0.4 is 4.90 Å². The summed E-state index contributed by atoms with van der Waals surface area (Å²) in [6.45, 7) is 7.00. The summed E-state index contributed by atoms with van der Waals surface area (Å²) >= 11 is 3.40. The predicted octanol–water partition coefficient (Wildman–Crippen LogP) is 1.80. The zero-order valence-electron chi connectivity index (χ0n) is 14.2. The first-order valence-electron chi connectivity index (χ1n) is 7.87. The fourth-order valence-electron chi connectivity index (χ4n) is 2.79. The van der Waals surface area contributed by atoms with E-state index < -0.39 is 0 Å². The first kappa shape index (κ1) is 18.4. The molecule has 0 saturated carbocycles. The maximum absolute atomic E-state index is 12.6. The molecule has 24 heavy (non-hydrogen) atoms. The second-order valence-corrected chi connectivity index (χ2v) is 6.84. The standard InChI is InChI=1S/C17H22BrN3O3/c1-12-10-15(18)4-5-16(12)21(14(3)23)11-17(24)20-8-6-19(7-9-20)13(2)22/h4-5,10H,6-9,11H2,1-3H3. The molecule has 0 unspecified atom stereocenters. The molecule has 2 rings (SSSR count). The number of aryl methyl sites for hydroxylation is 1. The monoisotopic (exact) mass is 395 g/mol. The lowest BCUT2D eigenvalue weighted by Crippen LogP contribution is -2.52. The molecule has 0 aliphatic carbocycles. The summed E-state index contributed by atoms with van der Waals surface area (Å²) in [6.07, 6.45) is 0. The van der Waals surface area contributed by atoms with Crippen molar-refractivity contribution in [1.82, 2.24) is 9.80 Å². The molecule has 1 fully saturated rings. The van der Waals surface area contributed by atoms with E-state index in [1.54, 1.807) is 9.80 Å². The Balaban J connectivity index is 2.07. The molecular formula is C17H22BrN3O3. The van der Waals surface area contributed by atoms with Crippen LogP contribution in [0, 0.1) is 6.92 Å². The third-order valence-electron chi connectivity index (χ3n) is 4.20. The van der Waals surface area contributed by atoms with Crippen LogP contribution in [-0.4, -0.2) is 60.2 Å². The molecule has 0 aromatic heterocycles. The molecule has 0 atom stereocenters. The summed E-state index contributed by atoms with van der Waals surface area (Å²) in [5, 5.41) is 0. The third kappa shape index (κ3) is 4.35. The second kappa shape index (κ2) is 7.79. The van der Waals surface area contributed by atoms with Crippen LogP contribution in [0.15, 0.2) is 22.7 Å². The molecule has 1 aromatic carbocycles. The first-order chi connectivity index (χ1) is 11.3. The van der Waals surface area contributed by atoms with Gasteiger partial charge in [-0.15, -0.1) is 0 Å². The number of hydrogen-bond acceptors (Lipinski definition) is 3. The third-order valence-corrected chi connectivity index (χ3v) is 4.69. The maximum atomic E-state index is 12.6. The summed E-state index contributed by atoms with van der Waals surface area (Å²) in [5.74, 6) is -0.246. The van der Waals surface area contributed by atoms with Gasteiger partial charge in [-0.25, -0.2) is 0 Å². The molecule has 1 saturated heterocycles. The zero-order valence-corrected chi connectivity index (χ0v) is 15.8. The lowest BCUT2D eigenvalue weighted by molar-refractivity contribution is -0.137. The largest absolute Gasteiger partial charge is 0.339 e. The Morgan fingerprint density at radius 1 is 1.08 bits per heavy atom. The number of anilines is 1. The van der Waals surface area contributed by atoms with Crippen LogP contribution >= 0.6 is 15.9 Å². The minimum Gasteiger partial charge on any atom is -0.339 e. The molecule has 1 aliphatic heterocycles. The van der Waals surface area contributed by atoms with Gasteiger partial charge in [-0.05, 0) is 30.7 Å². The number of benzene rings is 1. The number of carbonyl (C=O) groups excluding carboxylic acids is 3. The smallest absolute Gasteiger partial charge is 0.242 e. The molecule has 1 heterocycles. The average molecular weight is 396 g/mol. The van der Waals surface area contributed by atoms with Gasteiger partial charge in [0.1, 0.15) is 6.54 Å². The fourth-order valence-corrected chi connectivity index (χ4v) is 3.27. The van der Waals surface area contributed by atoms with E-state index in [9.17, 15) is 14.4 Å². The normalized spacial score (nSPS) is 14.5. The number of rotatable bonds is 3. The van der Waals surface area contributed by atoms with Crippen molar-refractivity contribution >= 4 is 39.3 Å². The molecule has 6 nitrogen and oxygen atoms in total. The zero-order chi connectivity index (χ0) is 17.9. The number of carbonyl (C=O) groups is 3. The van der Waals surface area contributed by atoms with Gasteiger partial charge in [0, 0.05) is 50.2 Å². The highest BCUT2D eigenvalue weighted by Gasteiger charge is 2.25. The molecular weight excluding hydrogens is 374 g/mol. The molecule has 1 aromatic rings. The predicted molar refractivity (Wildman–Crippen MR) is 95.7 cm³/mol. The van der Waals surface area contributed by atoms with Crippen LogP contribution in [-0.2, 0) is 14.4 Å². The quantitative estimate of drug-likeness (QED) is 0.783. The van der Waals surface area contributed by atoms with Gasteiger partial charge >= 0.3 is 0 Å². The Morgan fingerprint density at radius 2 is 1.67 bits per heavy atom. The van der Waals surface area contributed by atoms with E-state index in [1.807, 2.05) is 25.1 Å². The summed E-state index contributed by atoms with van der Waals surface area (Å²) in [7, 11) is 0. The summed E-state index contributed by atoms with van der Waals surface area (Å²) in [4.78, 5) is 40.9. The van der Waals surface area contributed by atoms with Crippen LogP contribution in [0.2, 0.25) is 0 Å². The fraction of sp³-hybridized carbons (Fsp3) is 0.471. The van der Waals surface area contributed by atoms with E-state index in [-0.39, 0.29) is 24.3 Å². The number of halogens is 1. The minimum atomic E-state index is -0.170. The maximum Gasteiger partial charge on any atom is 0.242 e. The van der Waals surface area contributed by atoms with Gasteiger partial charge in [0.2, 0.25) is 17.7 Å². The second-order valence-electron chi connectivity index (χ2n) is 5.92. The number of piperazine rings is 1. The van der Waals surface area contributed by atoms with Gasteiger partial charge in [-0.3, -0.25) is 14.4 Å². The molecule has 1 aliphatic rings. The lowest BCUT2D eigenvalue weighted by atomic mass is 10.1. The van der Waals surface area contributed by atoms with Crippen LogP contribution in [0.3, 0.4) is 0 Å². The van der Waals surface area contributed by atoms with Crippen molar-refractivity contribution in [2.75, 3.05) is 37.6 Å². The van der Waals surface area contributed by atoms with E-state index in [0.717, 1.165) is 15.7 Å². The highest BCUT2D eigenvalue weighted by atomic mass is 79.9. The number of amides is 3. The summed E-state index contributed by atoms with van der Waals surface area (Å²) in [6, 6.07) is 5.61. The van der Waals surface area contributed by atoms with Crippen molar-refractivity contribution < 1.29 is 14.4 Å². The van der Waals surface area contributed by atoms with Crippen molar-refractivity contribution in [2.45, 2.75) is 20.8 Å².